The zero-order chi connectivity index (χ0) is 24.4. The molecule has 1 aromatic carbocycles. The zero-order valence-corrected chi connectivity index (χ0v) is 17.7. The maximum absolute atomic E-state index is 13.7. The number of rotatable bonds is 5. The molecule has 2 atom stereocenters. The highest BCUT2D eigenvalue weighted by Gasteiger charge is 2.40. The van der Waals surface area contributed by atoms with E-state index < -0.39 is 54.1 Å². The van der Waals surface area contributed by atoms with E-state index in [4.69, 9.17) is 11.6 Å². The Hall–Kier alpha value is -2.53. The SMILES string of the molecule is O=C(N[C@H]1CCCC[C@H]1O)c1cc(-c2ccc(Cl)cc2)c(OCC(F)(F)F)nc1C(F)(F)F. The molecule has 1 aromatic heterocycles. The molecule has 5 nitrogen and oxygen atoms in total. The predicted octanol–water partition coefficient (Wildman–Crippen LogP) is 5.40. The minimum Gasteiger partial charge on any atom is -0.468 e. The van der Waals surface area contributed by atoms with Gasteiger partial charge in [-0.3, -0.25) is 4.79 Å². The number of aliphatic hydroxyl groups excluding tert-OH is 1. The smallest absolute Gasteiger partial charge is 0.434 e. The Morgan fingerprint density at radius 1 is 1.12 bits per heavy atom. The van der Waals surface area contributed by atoms with Gasteiger partial charge in [0.25, 0.3) is 5.91 Å². The van der Waals surface area contributed by atoms with Crippen molar-refractivity contribution < 1.29 is 41.0 Å². The van der Waals surface area contributed by atoms with Crippen LogP contribution in [0.25, 0.3) is 11.1 Å². The molecule has 2 aromatic rings. The molecular weight excluding hydrogens is 478 g/mol. The number of pyridine rings is 1. The van der Waals surface area contributed by atoms with Crippen LogP contribution in [-0.2, 0) is 6.18 Å². The number of hydrogen-bond donors (Lipinski definition) is 2. The van der Waals surface area contributed by atoms with E-state index in [-0.39, 0.29) is 16.1 Å². The summed E-state index contributed by atoms with van der Waals surface area (Å²) in [6.45, 7) is -1.88. The average Bonchev–Trinajstić information content (AvgIpc) is 2.72. The third-order valence-corrected chi connectivity index (χ3v) is 5.33. The summed E-state index contributed by atoms with van der Waals surface area (Å²) in [5.41, 5.74) is -2.70. The van der Waals surface area contributed by atoms with Gasteiger partial charge in [-0.05, 0) is 36.6 Å². The molecule has 33 heavy (non-hydrogen) atoms. The quantitative estimate of drug-likeness (QED) is 0.544. The van der Waals surface area contributed by atoms with Crippen LogP contribution in [-0.4, -0.2) is 40.9 Å². The topological polar surface area (TPSA) is 71.5 Å². The first-order chi connectivity index (χ1) is 15.3. The lowest BCUT2D eigenvalue weighted by atomic mass is 9.92. The standard InChI is InChI=1S/C21H19ClF6N2O3/c22-12-7-5-11(6-8-12)13-9-14(18(32)29-15-3-1-2-4-16(15)31)17(21(26,27)28)30-19(13)33-10-20(23,24)25/h5-9,15-16,31H,1-4,10H2,(H,29,32)/t15-,16+/m0/s1. The molecule has 1 saturated carbocycles. The van der Waals surface area contributed by atoms with Crippen LogP contribution in [0.2, 0.25) is 5.02 Å². The van der Waals surface area contributed by atoms with Gasteiger partial charge in [0.2, 0.25) is 5.88 Å². The number of nitrogens with zero attached hydrogens (tertiary/aromatic N) is 1. The van der Waals surface area contributed by atoms with Crippen molar-refractivity contribution in [3.05, 3.63) is 46.6 Å². The van der Waals surface area contributed by atoms with E-state index >= 15 is 0 Å². The van der Waals surface area contributed by atoms with Crippen LogP contribution in [0.4, 0.5) is 26.3 Å². The van der Waals surface area contributed by atoms with E-state index in [0.29, 0.717) is 19.3 Å². The van der Waals surface area contributed by atoms with Gasteiger partial charge in [0.15, 0.2) is 12.3 Å². The first-order valence-electron chi connectivity index (χ1n) is 9.92. The van der Waals surface area contributed by atoms with Crippen molar-refractivity contribution in [2.24, 2.45) is 0 Å². The maximum Gasteiger partial charge on any atom is 0.434 e. The molecule has 1 fully saturated rings. The summed E-state index contributed by atoms with van der Waals surface area (Å²) in [6, 6.07) is 5.47. The van der Waals surface area contributed by atoms with E-state index in [1.807, 2.05) is 0 Å². The molecule has 180 valence electrons. The van der Waals surface area contributed by atoms with E-state index in [1.165, 1.54) is 24.3 Å². The lowest BCUT2D eigenvalue weighted by Gasteiger charge is -2.28. The number of carbonyl (C=O) groups is 1. The molecule has 1 aliphatic carbocycles. The lowest BCUT2D eigenvalue weighted by Crippen LogP contribution is -2.45. The Morgan fingerprint density at radius 3 is 2.33 bits per heavy atom. The Kier molecular flexibility index (Phi) is 7.42. The molecule has 0 aliphatic heterocycles. The highest BCUT2D eigenvalue weighted by atomic mass is 35.5. The third kappa shape index (κ3) is 6.50. The van der Waals surface area contributed by atoms with Crippen molar-refractivity contribution in [3.63, 3.8) is 0 Å². The molecule has 3 rings (SSSR count). The summed E-state index contributed by atoms with van der Waals surface area (Å²) in [6.07, 6.45) is -8.76. The van der Waals surface area contributed by atoms with Crippen LogP contribution in [0.5, 0.6) is 5.88 Å². The van der Waals surface area contributed by atoms with Gasteiger partial charge in [-0.1, -0.05) is 36.6 Å². The fraction of sp³-hybridized carbons (Fsp3) is 0.429. The highest BCUT2D eigenvalue weighted by molar-refractivity contribution is 6.30. The van der Waals surface area contributed by atoms with Gasteiger partial charge in [-0.25, -0.2) is 4.98 Å². The molecule has 0 unspecified atom stereocenters. The molecule has 0 radical (unpaired) electrons. The lowest BCUT2D eigenvalue weighted by molar-refractivity contribution is -0.154. The monoisotopic (exact) mass is 496 g/mol. The summed E-state index contributed by atoms with van der Waals surface area (Å²) >= 11 is 5.82. The first kappa shape index (κ1) is 25.1. The number of ether oxygens (including phenoxy) is 1. The molecule has 1 aliphatic rings. The number of alkyl halides is 6. The number of amides is 1. The molecule has 0 bridgehead atoms. The second kappa shape index (κ2) is 9.76. The predicted molar refractivity (Wildman–Crippen MR) is 107 cm³/mol. The van der Waals surface area contributed by atoms with Crippen LogP contribution in [0.1, 0.15) is 41.7 Å². The summed E-state index contributed by atoms with van der Waals surface area (Å²) in [5.74, 6) is -2.09. The van der Waals surface area contributed by atoms with Crippen molar-refractivity contribution in [1.29, 1.82) is 0 Å². The molecule has 12 heteroatoms. The number of nitrogens with one attached hydrogen (secondary N) is 1. The van der Waals surface area contributed by atoms with E-state index in [1.54, 1.807) is 0 Å². The first-order valence-corrected chi connectivity index (χ1v) is 10.3. The summed E-state index contributed by atoms with van der Waals surface area (Å²) in [5, 5.41) is 12.7. The zero-order valence-electron chi connectivity index (χ0n) is 16.9. The fourth-order valence-corrected chi connectivity index (χ4v) is 3.63. The molecule has 2 N–H and O–H groups in total. The van der Waals surface area contributed by atoms with Crippen molar-refractivity contribution in [3.8, 4) is 17.0 Å². The van der Waals surface area contributed by atoms with Crippen molar-refractivity contribution in [1.82, 2.24) is 10.3 Å². The van der Waals surface area contributed by atoms with Crippen LogP contribution >= 0.6 is 11.6 Å². The van der Waals surface area contributed by atoms with Gasteiger partial charge in [0.1, 0.15) is 0 Å². The van der Waals surface area contributed by atoms with Gasteiger partial charge < -0.3 is 15.2 Å². The van der Waals surface area contributed by atoms with Crippen molar-refractivity contribution in [2.45, 2.75) is 50.2 Å². The number of aliphatic hydroxyl groups is 1. The fourth-order valence-electron chi connectivity index (χ4n) is 3.51. The Balaban J connectivity index is 2.09. The summed E-state index contributed by atoms with van der Waals surface area (Å²) < 4.78 is 83.8. The van der Waals surface area contributed by atoms with Gasteiger partial charge >= 0.3 is 12.4 Å². The van der Waals surface area contributed by atoms with Gasteiger partial charge in [-0.2, -0.15) is 26.3 Å². The largest absolute Gasteiger partial charge is 0.468 e. The van der Waals surface area contributed by atoms with E-state index in [0.717, 1.165) is 12.5 Å². The van der Waals surface area contributed by atoms with Crippen LogP contribution < -0.4 is 10.1 Å². The minimum atomic E-state index is -5.16. The number of benzene rings is 1. The number of aromatic nitrogens is 1. The normalized spacial score (nSPS) is 19.3. The molecule has 1 amide bonds. The van der Waals surface area contributed by atoms with Crippen LogP contribution in [0, 0.1) is 0 Å². The van der Waals surface area contributed by atoms with Crippen molar-refractivity contribution in [2.75, 3.05) is 6.61 Å². The van der Waals surface area contributed by atoms with Crippen LogP contribution in [0.15, 0.2) is 30.3 Å². The van der Waals surface area contributed by atoms with Crippen LogP contribution in [0.3, 0.4) is 0 Å². The van der Waals surface area contributed by atoms with E-state index in [9.17, 15) is 36.2 Å². The Bertz CT molecular complexity index is 995. The Morgan fingerprint density at radius 2 is 1.76 bits per heavy atom. The minimum absolute atomic E-state index is 0.143. The van der Waals surface area contributed by atoms with Crippen molar-refractivity contribution >= 4 is 17.5 Å². The summed E-state index contributed by atoms with van der Waals surface area (Å²) in [4.78, 5) is 16.1. The maximum atomic E-state index is 13.7. The van der Waals surface area contributed by atoms with E-state index in [2.05, 4.69) is 15.0 Å². The Labute approximate surface area is 189 Å². The van der Waals surface area contributed by atoms with Gasteiger partial charge in [0, 0.05) is 10.6 Å². The second-order valence-corrected chi connectivity index (χ2v) is 8.01. The molecule has 0 saturated heterocycles. The molecular formula is C21H19ClF6N2O3. The number of hydrogen-bond acceptors (Lipinski definition) is 4. The number of carbonyl (C=O) groups excluding carboxylic acids is 1. The number of halogens is 7. The molecule has 1 heterocycles. The highest BCUT2D eigenvalue weighted by Crippen LogP contribution is 2.38. The average molecular weight is 497 g/mol. The van der Waals surface area contributed by atoms with Gasteiger partial charge in [-0.15, -0.1) is 0 Å². The third-order valence-electron chi connectivity index (χ3n) is 5.07. The molecule has 0 spiro atoms. The summed E-state index contributed by atoms with van der Waals surface area (Å²) in [7, 11) is 0. The second-order valence-electron chi connectivity index (χ2n) is 7.58. The van der Waals surface area contributed by atoms with Gasteiger partial charge in [0.05, 0.1) is 17.7 Å².